The lowest BCUT2D eigenvalue weighted by Crippen LogP contribution is -2.48. The van der Waals surface area contributed by atoms with Gasteiger partial charge in [0.1, 0.15) is 0 Å². The molecule has 2 heterocycles. The summed E-state index contributed by atoms with van der Waals surface area (Å²) in [5.74, 6) is 0. The van der Waals surface area contributed by atoms with Gasteiger partial charge in [-0.15, -0.1) is 11.3 Å². The molecule has 0 aliphatic carbocycles. The van der Waals surface area contributed by atoms with E-state index in [0.717, 1.165) is 23.7 Å². The molecule has 9 heteroatoms. The highest BCUT2D eigenvalue weighted by molar-refractivity contribution is 7.89. The van der Waals surface area contributed by atoms with Crippen LogP contribution in [-0.2, 0) is 22.9 Å². The number of piperazine rings is 1. The summed E-state index contributed by atoms with van der Waals surface area (Å²) >= 11 is 13.6. The molecule has 0 saturated carbocycles. The first-order valence-electron chi connectivity index (χ1n) is 10.1. The monoisotopic (exact) mass is 495 g/mol. The van der Waals surface area contributed by atoms with Gasteiger partial charge in [-0.1, -0.05) is 54.4 Å². The molecular weight excluding hydrogens is 473 g/mol. The number of sulfonamides is 1. The predicted molar refractivity (Wildman–Crippen MR) is 128 cm³/mol. The van der Waals surface area contributed by atoms with Crippen molar-refractivity contribution in [2.45, 2.75) is 24.7 Å². The molecule has 0 spiro atoms. The van der Waals surface area contributed by atoms with Crippen LogP contribution in [0.3, 0.4) is 0 Å². The minimum atomic E-state index is -3.63. The number of halogens is 2. The van der Waals surface area contributed by atoms with Crippen LogP contribution in [0.25, 0.3) is 0 Å². The van der Waals surface area contributed by atoms with E-state index in [1.165, 1.54) is 33.6 Å². The molecule has 1 saturated heterocycles. The lowest BCUT2D eigenvalue weighted by Gasteiger charge is -2.33. The zero-order valence-electron chi connectivity index (χ0n) is 17.1. The van der Waals surface area contributed by atoms with Gasteiger partial charge < -0.3 is 4.90 Å². The Balaban J connectivity index is 1.39. The van der Waals surface area contributed by atoms with Crippen LogP contribution in [0.4, 0.5) is 5.13 Å². The van der Waals surface area contributed by atoms with E-state index < -0.39 is 10.0 Å². The number of benzene rings is 2. The third kappa shape index (κ3) is 5.23. The number of aryl methyl sites for hydroxylation is 1. The van der Waals surface area contributed by atoms with Crippen molar-refractivity contribution in [3.05, 3.63) is 74.7 Å². The first kappa shape index (κ1) is 22.6. The minimum absolute atomic E-state index is 0.129. The number of anilines is 1. The molecule has 2 aromatic carbocycles. The third-order valence-corrected chi connectivity index (χ3v) is 8.60. The maximum atomic E-state index is 13.0. The Labute approximate surface area is 197 Å². The molecule has 0 radical (unpaired) electrons. The van der Waals surface area contributed by atoms with Crippen LogP contribution < -0.4 is 4.90 Å². The van der Waals surface area contributed by atoms with Crippen LogP contribution in [0.2, 0.25) is 10.0 Å². The smallest absolute Gasteiger partial charge is 0.243 e. The molecule has 31 heavy (non-hydrogen) atoms. The molecule has 164 valence electrons. The fourth-order valence-corrected chi connectivity index (χ4v) is 6.60. The van der Waals surface area contributed by atoms with Gasteiger partial charge in [0.25, 0.3) is 0 Å². The largest absolute Gasteiger partial charge is 0.345 e. The molecule has 0 unspecified atom stereocenters. The summed E-state index contributed by atoms with van der Waals surface area (Å²) in [5, 5.41) is 3.64. The maximum absolute atomic E-state index is 13.0. The Kier molecular flexibility index (Phi) is 6.89. The molecule has 1 aromatic heterocycles. The number of thiazole rings is 1. The maximum Gasteiger partial charge on any atom is 0.243 e. The fraction of sp³-hybridized carbons (Fsp3) is 0.318. The zero-order valence-corrected chi connectivity index (χ0v) is 20.2. The topological polar surface area (TPSA) is 53.5 Å². The number of aromatic nitrogens is 1. The van der Waals surface area contributed by atoms with Crippen LogP contribution in [0.1, 0.15) is 23.7 Å². The van der Waals surface area contributed by atoms with Gasteiger partial charge in [-0.3, -0.25) is 0 Å². The van der Waals surface area contributed by atoms with Crippen molar-refractivity contribution in [1.82, 2.24) is 9.29 Å². The highest BCUT2D eigenvalue weighted by atomic mass is 35.5. The number of rotatable bonds is 6. The van der Waals surface area contributed by atoms with E-state index in [0.29, 0.717) is 36.2 Å². The molecule has 1 aliphatic rings. The Hall–Kier alpha value is -1.64. The summed E-state index contributed by atoms with van der Waals surface area (Å²) < 4.78 is 27.4. The van der Waals surface area contributed by atoms with Gasteiger partial charge in [-0.25, -0.2) is 13.4 Å². The number of nitrogens with zero attached hydrogens (tertiary/aromatic N) is 3. The van der Waals surface area contributed by atoms with Crippen molar-refractivity contribution >= 4 is 49.7 Å². The van der Waals surface area contributed by atoms with Gasteiger partial charge in [0.05, 0.1) is 10.6 Å². The molecule has 0 atom stereocenters. The Morgan fingerprint density at radius 1 is 0.968 bits per heavy atom. The second kappa shape index (κ2) is 9.46. The van der Waals surface area contributed by atoms with E-state index in [1.807, 2.05) is 0 Å². The Morgan fingerprint density at radius 3 is 2.19 bits per heavy atom. The average molecular weight is 496 g/mol. The highest BCUT2D eigenvalue weighted by Gasteiger charge is 2.29. The van der Waals surface area contributed by atoms with Gasteiger partial charge in [0.2, 0.25) is 10.0 Å². The van der Waals surface area contributed by atoms with Crippen LogP contribution in [0.5, 0.6) is 0 Å². The quantitative estimate of drug-likeness (QED) is 0.476. The summed E-state index contributed by atoms with van der Waals surface area (Å²) in [7, 11) is -3.63. The molecule has 0 bridgehead atoms. The Morgan fingerprint density at radius 2 is 1.58 bits per heavy atom. The van der Waals surface area contributed by atoms with E-state index in [2.05, 4.69) is 41.5 Å². The predicted octanol–water partition coefficient (Wildman–Crippen LogP) is 5.11. The van der Waals surface area contributed by atoms with Crippen molar-refractivity contribution in [3.8, 4) is 0 Å². The lowest BCUT2D eigenvalue weighted by atomic mass is 10.1. The molecule has 3 aromatic rings. The molecular formula is C22H23Cl2N3O2S2. The molecule has 0 amide bonds. The third-order valence-electron chi connectivity index (χ3n) is 5.34. The van der Waals surface area contributed by atoms with Crippen LogP contribution in [-0.4, -0.2) is 43.9 Å². The van der Waals surface area contributed by atoms with Crippen molar-refractivity contribution in [3.63, 3.8) is 0 Å². The number of hydrogen-bond acceptors (Lipinski definition) is 5. The summed E-state index contributed by atoms with van der Waals surface area (Å²) in [4.78, 5) is 7.05. The van der Waals surface area contributed by atoms with E-state index in [4.69, 9.17) is 28.2 Å². The first-order valence-corrected chi connectivity index (χ1v) is 13.2. The van der Waals surface area contributed by atoms with Gasteiger partial charge in [0.15, 0.2) is 5.13 Å². The van der Waals surface area contributed by atoms with E-state index >= 15 is 0 Å². The minimum Gasteiger partial charge on any atom is -0.345 e. The van der Waals surface area contributed by atoms with Gasteiger partial charge >= 0.3 is 0 Å². The van der Waals surface area contributed by atoms with Crippen molar-refractivity contribution in [1.29, 1.82) is 0 Å². The first-order chi connectivity index (χ1) is 14.8. The summed E-state index contributed by atoms with van der Waals surface area (Å²) in [6.45, 7) is 4.11. The molecule has 1 aliphatic heterocycles. The van der Waals surface area contributed by atoms with Crippen LogP contribution in [0, 0.1) is 0 Å². The van der Waals surface area contributed by atoms with Crippen molar-refractivity contribution < 1.29 is 8.42 Å². The number of hydrogen-bond donors (Lipinski definition) is 0. The average Bonchev–Trinajstić information content (AvgIpc) is 3.22. The molecule has 0 N–H and O–H groups in total. The molecule has 5 nitrogen and oxygen atoms in total. The second-order valence-corrected chi connectivity index (χ2v) is 11.1. The standard InChI is InChI=1S/C22H23Cl2N3O2S2/c1-2-16-3-5-17(6-4-16)11-20-15-30-22(25-20)26-7-9-27(10-8-26)31(28,29)21-13-18(23)12-19(24)14-21/h3-6,12-15H,2,7-11H2,1H3. The lowest BCUT2D eigenvalue weighted by molar-refractivity contribution is 0.384. The summed E-state index contributed by atoms with van der Waals surface area (Å²) in [6.07, 6.45) is 1.83. The van der Waals surface area contributed by atoms with Gasteiger partial charge in [-0.2, -0.15) is 4.31 Å². The van der Waals surface area contributed by atoms with Crippen molar-refractivity contribution in [2.75, 3.05) is 31.1 Å². The van der Waals surface area contributed by atoms with Gasteiger partial charge in [-0.05, 0) is 35.7 Å². The fourth-order valence-electron chi connectivity index (χ4n) is 3.57. The summed E-state index contributed by atoms with van der Waals surface area (Å²) in [6, 6.07) is 13.0. The van der Waals surface area contributed by atoms with Gasteiger partial charge in [0, 0.05) is 48.0 Å². The molecule has 1 fully saturated rings. The van der Waals surface area contributed by atoms with E-state index in [9.17, 15) is 8.42 Å². The van der Waals surface area contributed by atoms with Crippen LogP contribution in [0.15, 0.2) is 52.7 Å². The second-order valence-electron chi connectivity index (χ2n) is 7.46. The Bertz CT molecular complexity index is 1140. The normalized spacial score (nSPS) is 15.4. The van der Waals surface area contributed by atoms with E-state index in [-0.39, 0.29) is 4.90 Å². The summed E-state index contributed by atoms with van der Waals surface area (Å²) in [5.41, 5.74) is 3.61. The molecule has 4 rings (SSSR count). The van der Waals surface area contributed by atoms with Crippen molar-refractivity contribution in [2.24, 2.45) is 0 Å². The SMILES string of the molecule is CCc1ccc(Cc2csc(N3CCN(S(=O)(=O)c4cc(Cl)cc(Cl)c4)CC3)n2)cc1. The highest BCUT2D eigenvalue weighted by Crippen LogP contribution is 2.28. The van der Waals surface area contributed by atoms with Crippen LogP contribution >= 0.6 is 34.5 Å². The van der Waals surface area contributed by atoms with E-state index in [1.54, 1.807) is 11.3 Å². The zero-order chi connectivity index (χ0) is 22.0.